The number of rotatable bonds is 3. The lowest BCUT2D eigenvalue weighted by molar-refractivity contribution is -0.146. The van der Waals surface area contributed by atoms with E-state index < -0.39 is 11.4 Å². The van der Waals surface area contributed by atoms with Crippen molar-refractivity contribution in [1.29, 1.82) is 0 Å². The summed E-state index contributed by atoms with van der Waals surface area (Å²) in [5.74, 6) is 1.14. The Hall–Kier alpha value is -0.910. The number of amides is 2. The van der Waals surface area contributed by atoms with E-state index in [0.717, 1.165) is 31.0 Å². The second kappa shape index (κ2) is 6.14. The molecule has 0 aromatic rings. The van der Waals surface area contributed by atoms with Crippen LogP contribution in [0.25, 0.3) is 0 Å². The Labute approximate surface area is 106 Å². The van der Waals surface area contributed by atoms with Gasteiger partial charge in [-0.3, -0.25) is 4.79 Å². The summed E-state index contributed by atoms with van der Waals surface area (Å²) < 4.78 is 0. The summed E-state index contributed by atoms with van der Waals surface area (Å²) in [5.41, 5.74) is -0.920. The van der Waals surface area contributed by atoms with Crippen molar-refractivity contribution in [3.8, 4) is 0 Å². The molecule has 2 amide bonds. The maximum absolute atomic E-state index is 11.8. The standard InChI is InChI=1S/C11H20N2O3S/c1-11(2,9(14)15)8-12-10(16)13-4-3-6-17-7-5-13/h3-8H2,1-2H3,(H,12,16)(H,14,15). The largest absolute Gasteiger partial charge is 0.481 e. The fourth-order valence-electron chi connectivity index (χ4n) is 1.43. The summed E-state index contributed by atoms with van der Waals surface area (Å²) in [6.45, 7) is 4.86. The van der Waals surface area contributed by atoms with Gasteiger partial charge in [0, 0.05) is 25.4 Å². The maximum atomic E-state index is 11.8. The lowest BCUT2D eigenvalue weighted by Crippen LogP contribution is -2.46. The number of carbonyl (C=O) groups is 2. The molecule has 0 spiro atoms. The van der Waals surface area contributed by atoms with Crippen molar-refractivity contribution in [2.45, 2.75) is 20.3 Å². The van der Waals surface area contributed by atoms with E-state index in [2.05, 4.69) is 5.32 Å². The van der Waals surface area contributed by atoms with Crippen LogP contribution in [0.1, 0.15) is 20.3 Å². The van der Waals surface area contributed by atoms with E-state index >= 15 is 0 Å². The third-order valence-electron chi connectivity index (χ3n) is 2.77. The van der Waals surface area contributed by atoms with Gasteiger partial charge in [-0.15, -0.1) is 0 Å². The fourth-order valence-corrected chi connectivity index (χ4v) is 2.32. The van der Waals surface area contributed by atoms with Crippen LogP contribution in [0.15, 0.2) is 0 Å². The summed E-state index contributed by atoms with van der Waals surface area (Å²) in [4.78, 5) is 24.5. The van der Waals surface area contributed by atoms with Gasteiger partial charge in [0.15, 0.2) is 0 Å². The average Bonchev–Trinajstić information content (AvgIpc) is 2.54. The molecule has 0 aromatic carbocycles. The van der Waals surface area contributed by atoms with Crippen molar-refractivity contribution in [3.05, 3.63) is 0 Å². The molecule has 1 heterocycles. The highest BCUT2D eigenvalue weighted by Gasteiger charge is 2.28. The minimum Gasteiger partial charge on any atom is -0.481 e. The molecule has 1 fully saturated rings. The highest BCUT2D eigenvalue weighted by atomic mass is 32.2. The summed E-state index contributed by atoms with van der Waals surface area (Å²) >= 11 is 1.85. The summed E-state index contributed by atoms with van der Waals surface area (Å²) in [7, 11) is 0. The lowest BCUT2D eigenvalue weighted by Gasteiger charge is -2.24. The van der Waals surface area contributed by atoms with E-state index in [-0.39, 0.29) is 12.6 Å². The van der Waals surface area contributed by atoms with Crippen molar-refractivity contribution in [3.63, 3.8) is 0 Å². The van der Waals surface area contributed by atoms with Crippen LogP contribution in [0.5, 0.6) is 0 Å². The molecule has 1 rings (SSSR count). The maximum Gasteiger partial charge on any atom is 0.317 e. The van der Waals surface area contributed by atoms with Crippen LogP contribution >= 0.6 is 11.8 Å². The van der Waals surface area contributed by atoms with Gasteiger partial charge in [-0.05, 0) is 26.0 Å². The minimum absolute atomic E-state index is 0.151. The summed E-state index contributed by atoms with van der Waals surface area (Å²) in [6.07, 6.45) is 1.00. The Morgan fingerprint density at radius 2 is 2.06 bits per heavy atom. The van der Waals surface area contributed by atoms with Gasteiger partial charge >= 0.3 is 12.0 Å². The van der Waals surface area contributed by atoms with Gasteiger partial charge in [-0.2, -0.15) is 11.8 Å². The monoisotopic (exact) mass is 260 g/mol. The molecule has 0 saturated carbocycles. The second-order valence-electron chi connectivity index (χ2n) is 4.80. The van der Waals surface area contributed by atoms with Crippen LogP contribution in [0.3, 0.4) is 0 Å². The molecule has 17 heavy (non-hydrogen) atoms. The number of hydrogen-bond acceptors (Lipinski definition) is 3. The van der Waals surface area contributed by atoms with E-state index in [9.17, 15) is 9.59 Å². The van der Waals surface area contributed by atoms with Crippen molar-refractivity contribution in [1.82, 2.24) is 10.2 Å². The molecular formula is C11H20N2O3S. The molecule has 5 nitrogen and oxygen atoms in total. The second-order valence-corrected chi connectivity index (χ2v) is 6.03. The number of carbonyl (C=O) groups excluding carboxylic acids is 1. The normalized spacial score (nSPS) is 17.4. The molecule has 0 unspecified atom stereocenters. The zero-order valence-electron chi connectivity index (χ0n) is 10.4. The zero-order valence-corrected chi connectivity index (χ0v) is 11.2. The van der Waals surface area contributed by atoms with E-state index in [0.29, 0.717) is 0 Å². The van der Waals surface area contributed by atoms with Crippen molar-refractivity contribution in [2.75, 3.05) is 31.1 Å². The summed E-state index contributed by atoms with van der Waals surface area (Å²) in [5, 5.41) is 11.6. The molecule has 0 bridgehead atoms. The van der Waals surface area contributed by atoms with Gasteiger partial charge in [0.25, 0.3) is 0 Å². The smallest absolute Gasteiger partial charge is 0.317 e. The molecule has 6 heteroatoms. The Balaban J connectivity index is 2.40. The molecule has 0 radical (unpaired) electrons. The molecular weight excluding hydrogens is 240 g/mol. The van der Waals surface area contributed by atoms with Crippen LogP contribution in [0, 0.1) is 5.41 Å². The Bertz CT molecular complexity index is 286. The first-order chi connectivity index (χ1) is 7.93. The van der Waals surface area contributed by atoms with Crippen LogP contribution in [-0.4, -0.2) is 53.1 Å². The van der Waals surface area contributed by atoms with Crippen LogP contribution < -0.4 is 5.32 Å². The number of aliphatic carboxylic acids is 1. The minimum atomic E-state index is -0.920. The molecule has 2 N–H and O–H groups in total. The molecule has 0 atom stereocenters. The lowest BCUT2D eigenvalue weighted by atomic mass is 9.94. The van der Waals surface area contributed by atoms with Gasteiger partial charge in [-0.25, -0.2) is 4.79 Å². The van der Waals surface area contributed by atoms with E-state index in [1.54, 1.807) is 18.7 Å². The Kier molecular flexibility index (Phi) is 5.11. The molecule has 1 saturated heterocycles. The third kappa shape index (κ3) is 4.46. The molecule has 1 aliphatic rings. The number of nitrogens with zero attached hydrogens (tertiary/aromatic N) is 1. The third-order valence-corrected chi connectivity index (χ3v) is 3.82. The van der Waals surface area contributed by atoms with Crippen LogP contribution in [0.2, 0.25) is 0 Å². The first kappa shape index (κ1) is 14.2. The molecule has 98 valence electrons. The number of hydrogen-bond donors (Lipinski definition) is 2. The molecule has 0 aliphatic carbocycles. The first-order valence-corrected chi connectivity index (χ1v) is 6.93. The van der Waals surface area contributed by atoms with E-state index in [1.807, 2.05) is 11.8 Å². The van der Waals surface area contributed by atoms with E-state index in [4.69, 9.17) is 5.11 Å². The van der Waals surface area contributed by atoms with Crippen LogP contribution in [-0.2, 0) is 4.79 Å². The highest BCUT2D eigenvalue weighted by molar-refractivity contribution is 7.99. The van der Waals surface area contributed by atoms with Crippen molar-refractivity contribution < 1.29 is 14.7 Å². The van der Waals surface area contributed by atoms with Gasteiger partial charge in [0.05, 0.1) is 5.41 Å². The van der Waals surface area contributed by atoms with Crippen molar-refractivity contribution >= 4 is 23.8 Å². The average molecular weight is 260 g/mol. The SMILES string of the molecule is CC(C)(CNC(=O)N1CCCSCC1)C(=O)O. The molecule has 1 aliphatic heterocycles. The number of carboxylic acids is 1. The van der Waals surface area contributed by atoms with E-state index in [1.165, 1.54) is 0 Å². The predicted molar refractivity (Wildman–Crippen MR) is 68.3 cm³/mol. The number of thioether (sulfide) groups is 1. The fraction of sp³-hybridized carbons (Fsp3) is 0.818. The first-order valence-electron chi connectivity index (χ1n) is 5.77. The number of nitrogens with one attached hydrogen (secondary N) is 1. The highest BCUT2D eigenvalue weighted by Crippen LogP contribution is 2.14. The number of urea groups is 1. The van der Waals surface area contributed by atoms with Gasteiger partial charge in [-0.1, -0.05) is 0 Å². The quantitative estimate of drug-likeness (QED) is 0.801. The van der Waals surface area contributed by atoms with Gasteiger partial charge < -0.3 is 15.3 Å². The number of carboxylic acid groups (broad SMARTS) is 1. The van der Waals surface area contributed by atoms with Crippen LogP contribution in [0.4, 0.5) is 4.79 Å². The zero-order chi connectivity index (χ0) is 12.9. The van der Waals surface area contributed by atoms with Crippen molar-refractivity contribution in [2.24, 2.45) is 5.41 Å². The Morgan fingerprint density at radius 3 is 2.71 bits per heavy atom. The predicted octanol–water partition coefficient (Wildman–Crippen LogP) is 1.25. The summed E-state index contributed by atoms with van der Waals surface area (Å²) in [6, 6.07) is -0.151. The van der Waals surface area contributed by atoms with Gasteiger partial charge in [0.1, 0.15) is 0 Å². The van der Waals surface area contributed by atoms with Gasteiger partial charge in [0.2, 0.25) is 0 Å². The molecule has 0 aromatic heterocycles. The Morgan fingerprint density at radius 1 is 1.35 bits per heavy atom. The topological polar surface area (TPSA) is 69.6 Å².